The molecule has 9 heavy (non-hydrogen) atoms. The quantitative estimate of drug-likeness (QED) is 0.469. The van der Waals surface area contributed by atoms with Crippen molar-refractivity contribution < 1.29 is 0 Å². The van der Waals surface area contributed by atoms with Crippen LogP contribution < -0.4 is 0 Å². The summed E-state index contributed by atoms with van der Waals surface area (Å²) >= 11 is 0. The molecule has 0 heterocycles. The van der Waals surface area contributed by atoms with Crippen molar-refractivity contribution in [1.29, 1.82) is 0 Å². The highest BCUT2D eigenvalue weighted by atomic mass is 14.3. The average molecular weight is 130 g/mol. The fourth-order valence-corrected chi connectivity index (χ4v) is 0.508. The van der Waals surface area contributed by atoms with Crippen molar-refractivity contribution in [3.05, 3.63) is 0 Å². The van der Waals surface area contributed by atoms with Gasteiger partial charge < -0.3 is 0 Å². The first-order valence-corrected chi connectivity index (χ1v) is 4.30. The van der Waals surface area contributed by atoms with Crippen molar-refractivity contribution in [1.82, 2.24) is 0 Å². The maximum Gasteiger partial charge on any atom is -0.0414 e. The van der Waals surface area contributed by atoms with E-state index in [1.54, 1.807) is 0 Å². The first-order valence-electron chi connectivity index (χ1n) is 4.30. The highest BCUT2D eigenvalue weighted by Crippen LogP contribution is 2.36. The second kappa shape index (κ2) is 8.00. The third kappa shape index (κ3) is 8.00. The Labute approximate surface area is 60.7 Å². The number of hydrogen-bond donors (Lipinski definition) is 0. The van der Waals surface area contributed by atoms with Crippen LogP contribution in [0.2, 0.25) is 0 Å². The van der Waals surface area contributed by atoms with Crippen molar-refractivity contribution in [2.45, 2.75) is 48.0 Å². The van der Waals surface area contributed by atoms with Gasteiger partial charge in [-0.25, -0.2) is 0 Å². The third-order valence-electron chi connectivity index (χ3n) is 1.51. The van der Waals surface area contributed by atoms with Crippen LogP contribution in [0.5, 0.6) is 0 Å². The van der Waals surface area contributed by atoms with Gasteiger partial charge in [-0.3, -0.25) is 0 Å². The van der Waals surface area contributed by atoms with Crippen LogP contribution in [-0.2, 0) is 0 Å². The lowest BCUT2D eigenvalue weighted by molar-refractivity contribution is 0.834. The first kappa shape index (κ1) is 11.8. The number of hydrogen-bond acceptors (Lipinski definition) is 0. The minimum Gasteiger partial charge on any atom is -0.0683 e. The van der Waals surface area contributed by atoms with Gasteiger partial charge in [0.1, 0.15) is 0 Å². The topological polar surface area (TPSA) is 0 Å². The van der Waals surface area contributed by atoms with E-state index >= 15 is 0 Å². The molecule has 0 saturated heterocycles. The minimum absolute atomic E-state index is 1.05. The Morgan fingerprint density at radius 2 is 0.889 bits per heavy atom. The molecule has 0 aliphatic heterocycles. The Morgan fingerprint density at radius 1 is 0.778 bits per heavy atom. The Bertz CT molecular complexity index is 33.3. The van der Waals surface area contributed by atoms with E-state index in [0.717, 1.165) is 11.8 Å². The molecule has 0 bridgehead atoms. The third-order valence-corrected chi connectivity index (χ3v) is 1.51. The maximum absolute atomic E-state index is 2.30. The zero-order chi connectivity index (χ0) is 7.86. The summed E-state index contributed by atoms with van der Waals surface area (Å²) in [5.74, 6) is 2.10. The second-order valence-electron chi connectivity index (χ2n) is 2.19. The van der Waals surface area contributed by atoms with Crippen LogP contribution >= 0.6 is 0 Å². The molecule has 1 aliphatic rings. The first-order chi connectivity index (χ1) is 4.30. The average Bonchev–Trinajstić information content (AvgIpc) is 2.56. The highest BCUT2D eigenvalue weighted by Gasteiger charge is 2.26. The predicted molar refractivity (Wildman–Crippen MR) is 45.6 cm³/mol. The standard InChI is InChI=1S/C5H10.2C2H6/c1-4-3-5(4)2;2*1-2/h4-5H,3H2,1-2H3;2*1-2H3/t4-,5+;;. The molecule has 0 spiro atoms. The molecule has 58 valence electrons. The lowest BCUT2D eigenvalue weighted by atomic mass is 10.4. The molecule has 0 nitrogen and oxygen atoms in total. The summed E-state index contributed by atoms with van der Waals surface area (Å²) in [4.78, 5) is 0. The van der Waals surface area contributed by atoms with Crippen LogP contribution in [0.4, 0.5) is 0 Å². The molecule has 0 heteroatoms. The summed E-state index contributed by atoms with van der Waals surface area (Å²) in [6.45, 7) is 12.6. The molecule has 0 aromatic carbocycles. The summed E-state index contributed by atoms with van der Waals surface area (Å²) < 4.78 is 0. The van der Waals surface area contributed by atoms with Gasteiger partial charge in [0.05, 0.1) is 0 Å². The van der Waals surface area contributed by atoms with Crippen LogP contribution in [0.15, 0.2) is 0 Å². The van der Waals surface area contributed by atoms with Crippen molar-refractivity contribution in [3.63, 3.8) is 0 Å². The van der Waals surface area contributed by atoms with Crippen LogP contribution in [0.3, 0.4) is 0 Å². The summed E-state index contributed by atoms with van der Waals surface area (Å²) in [6, 6.07) is 0. The van der Waals surface area contributed by atoms with Crippen LogP contribution in [-0.4, -0.2) is 0 Å². The van der Waals surface area contributed by atoms with Gasteiger partial charge in [0, 0.05) is 0 Å². The van der Waals surface area contributed by atoms with E-state index in [1.165, 1.54) is 6.42 Å². The van der Waals surface area contributed by atoms with Gasteiger partial charge in [-0.05, 0) is 18.3 Å². The fraction of sp³-hybridized carbons (Fsp3) is 1.00. The molecular weight excluding hydrogens is 108 g/mol. The molecule has 0 amide bonds. The van der Waals surface area contributed by atoms with Crippen molar-refractivity contribution in [2.75, 3.05) is 0 Å². The largest absolute Gasteiger partial charge is 0.0683 e. The van der Waals surface area contributed by atoms with Gasteiger partial charge in [-0.15, -0.1) is 0 Å². The maximum atomic E-state index is 2.30. The van der Waals surface area contributed by atoms with Crippen molar-refractivity contribution in [3.8, 4) is 0 Å². The van der Waals surface area contributed by atoms with E-state index in [-0.39, 0.29) is 0 Å². The van der Waals surface area contributed by atoms with Crippen LogP contribution in [0, 0.1) is 11.8 Å². The van der Waals surface area contributed by atoms with E-state index in [0.29, 0.717) is 0 Å². The second-order valence-corrected chi connectivity index (χ2v) is 2.19. The lowest BCUT2D eigenvalue weighted by Crippen LogP contribution is -1.58. The molecule has 0 aromatic rings. The lowest BCUT2D eigenvalue weighted by Gasteiger charge is -1.66. The van der Waals surface area contributed by atoms with Crippen LogP contribution in [0.1, 0.15) is 48.0 Å². The molecule has 0 N–H and O–H groups in total. The molecule has 0 unspecified atom stereocenters. The van der Waals surface area contributed by atoms with E-state index in [4.69, 9.17) is 0 Å². The molecule has 0 aromatic heterocycles. The highest BCUT2D eigenvalue weighted by molar-refractivity contribution is 4.76. The summed E-state index contributed by atoms with van der Waals surface area (Å²) in [5.41, 5.74) is 0. The molecule has 1 aliphatic carbocycles. The SMILES string of the molecule is CC.CC.C[C@@H]1C[C@@H]1C. The van der Waals surface area contributed by atoms with E-state index in [9.17, 15) is 0 Å². The monoisotopic (exact) mass is 130 g/mol. The summed E-state index contributed by atoms with van der Waals surface area (Å²) in [7, 11) is 0. The molecular formula is C9H22. The fourth-order valence-electron chi connectivity index (χ4n) is 0.508. The Balaban J connectivity index is 0. The van der Waals surface area contributed by atoms with E-state index in [2.05, 4.69) is 13.8 Å². The van der Waals surface area contributed by atoms with Gasteiger partial charge in [0.25, 0.3) is 0 Å². The van der Waals surface area contributed by atoms with Gasteiger partial charge in [0.15, 0.2) is 0 Å². The van der Waals surface area contributed by atoms with Crippen molar-refractivity contribution in [2.24, 2.45) is 11.8 Å². The molecule has 1 rings (SSSR count). The molecule has 1 saturated carbocycles. The Kier molecular flexibility index (Phi) is 10.4. The van der Waals surface area contributed by atoms with Gasteiger partial charge in [0.2, 0.25) is 0 Å². The molecule has 1 fully saturated rings. The molecule has 0 radical (unpaired) electrons. The van der Waals surface area contributed by atoms with Crippen molar-refractivity contribution >= 4 is 0 Å². The van der Waals surface area contributed by atoms with Gasteiger partial charge >= 0.3 is 0 Å². The predicted octanol–water partition coefficient (Wildman–Crippen LogP) is 3.71. The minimum atomic E-state index is 1.05. The zero-order valence-corrected chi connectivity index (χ0v) is 7.86. The van der Waals surface area contributed by atoms with Crippen LogP contribution in [0.25, 0.3) is 0 Å². The number of rotatable bonds is 0. The van der Waals surface area contributed by atoms with E-state index < -0.39 is 0 Å². The Hall–Kier alpha value is 0. The summed E-state index contributed by atoms with van der Waals surface area (Å²) in [5, 5.41) is 0. The zero-order valence-electron chi connectivity index (χ0n) is 7.86. The molecule has 2 atom stereocenters. The van der Waals surface area contributed by atoms with E-state index in [1.807, 2.05) is 27.7 Å². The smallest absolute Gasteiger partial charge is 0.0414 e. The summed E-state index contributed by atoms with van der Waals surface area (Å²) in [6.07, 6.45) is 1.47. The van der Waals surface area contributed by atoms with Gasteiger partial charge in [-0.1, -0.05) is 41.5 Å². The normalized spacial score (nSPS) is 28.7. The van der Waals surface area contributed by atoms with Gasteiger partial charge in [-0.2, -0.15) is 0 Å². The Morgan fingerprint density at radius 3 is 0.889 bits per heavy atom.